The van der Waals surface area contributed by atoms with Gasteiger partial charge in [-0.15, -0.1) is 0 Å². The predicted octanol–water partition coefficient (Wildman–Crippen LogP) is 3.00. The fraction of sp³-hybridized carbons (Fsp3) is 0.579. The number of hydrogen-bond acceptors (Lipinski definition) is 4. The van der Waals surface area contributed by atoms with E-state index in [-0.39, 0.29) is 17.8 Å². The number of amides is 1. The summed E-state index contributed by atoms with van der Waals surface area (Å²) in [6.45, 7) is 2.72. The maximum atomic E-state index is 12.7. The normalized spacial score (nSPS) is 22.2. The van der Waals surface area contributed by atoms with E-state index in [0.717, 1.165) is 23.9 Å². The third-order valence-electron chi connectivity index (χ3n) is 5.34. The monoisotopic (exact) mass is 408 g/mol. The van der Waals surface area contributed by atoms with Gasteiger partial charge in [0.25, 0.3) is 0 Å². The van der Waals surface area contributed by atoms with Crippen LogP contribution in [0.3, 0.4) is 0 Å². The molecule has 0 bridgehead atoms. The van der Waals surface area contributed by atoms with Crippen molar-refractivity contribution in [2.24, 2.45) is 5.92 Å². The average molecular weight is 409 g/mol. The highest BCUT2D eigenvalue weighted by Crippen LogP contribution is 2.32. The number of rotatable bonds is 4. The first kappa shape index (κ1) is 18.4. The highest BCUT2D eigenvalue weighted by atomic mass is 79.9. The molecule has 1 atom stereocenters. The highest BCUT2D eigenvalue weighted by molar-refractivity contribution is 9.10. The molecule has 1 unspecified atom stereocenters. The number of carbonyl (C=O) groups is 2. The van der Waals surface area contributed by atoms with Crippen molar-refractivity contribution < 1.29 is 14.3 Å². The molecule has 0 N–H and O–H groups in total. The number of halogens is 1. The standard InChI is InChI=1S/C19H25BrN2O3/c1-25-19(24)15-8-11-21(12-9-15)18(23)13-22-10-2-3-17(22)14-4-6-16(20)7-5-14/h4-7,15,17H,2-3,8-13H2,1H3. The van der Waals surface area contributed by atoms with Gasteiger partial charge in [-0.2, -0.15) is 0 Å². The summed E-state index contributed by atoms with van der Waals surface area (Å²) in [5, 5.41) is 0. The Balaban J connectivity index is 1.55. The minimum absolute atomic E-state index is 0.0589. The second kappa shape index (κ2) is 8.32. The number of piperidine rings is 1. The van der Waals surface area contributed by atoms with Crippen LogP contribution in [-0.4, -0.2) is 55.0 Å². The number of nitrogens with zero attached hydrogens (tertiary/aromatic N) is 2. The number of hydrogen-bond donors (Lipinski definition) is 0. The molecule has 136 valence electrons. The summed E-state index contributed by atoms with van der Waals surface area (Å²) in [7, 11) is 1.43. The lowest BCUT2D eigenvalue weighted by atomic mass is 9.97. The molecule has 2 aliphatic rings. The van der Waals surface area contributed by atoms with E-state index in [4.69, 9.17) is 4.74 Å². The van der Waals surface area contributed by atoms with Crippen LogP contribution in [0.5, 0.6) is 0 Å². The van der Waals surface area contributed by atoms with E-state index >= 15 is 0 Å². The number of methoxy groups -OCH3 is 1. The van der Waals surface area contributed by atoms with Gasteiger partial charge >= 0.3 is 5.97 Å². The van der Waals surface area contributed by atoms with E-state index in [1.807, 2.05) is 4.90 Å². The molecule has 0 aromatic heterocycles. The van der Waals surface area contributed by atoms with Gasteiger partial charge in [0.1, 0.15) is 0 Å². The summed E-state index contributed by atoms with van der Waals surface area (Å²) >= 11 is 3.47. The zero-order valence-corrected chi connectivity index (χ0v) is 16.2. The molecule has 2 aliphatic heterocycles. The second-order valence-corrected chi connectivity index (χ2v) is 7.77. The number of benzene rings is 1. The van der Waals surface area contributed by atoms with Crippen LogP contribution >= 0.6 is 15.9 Å². The van der Waals surface area contributed by atoms with Crippen LogP contribution < -0.4 is 0 Å². The molecule has 1 amide bonds. The average Bonchev–Trinajstić information content (AvgIpc) is 3.10. The number of ether oxygens (including phenoxy) is 1. The van der Waals surface area contributed by atoms with Crippen LogP contribution in [0, 0.1) is 5.92 Å². The van der Waals surface area contributed by atoms with E-state index in [9.17, 15) is 9.59 Å². The Hall–Kier alpha value is -1.40. The van der Waals surface area contributed by atoms with Gasteiger partial charge < -0.3 is 9.64 Å². The fourth-order valence-corrected chi connectivity index (χ4v) is 4.15. The van der Waals surface area contributed by atoms with Crippen molar-refractivity contribution >= 4 is 27.8 Å². The van der Waals surface area contributed by atoms with Crippen LogP contribution in [0.2, 0.25) is 0 Å². The molecular weight excluding hydrogens is 384 g/mol. The largest absolute Gasteiger partial charge is 0.469 e. The van der Waals surface area contributed by atoms with Crippen molar-refractivity contribution in [1.29, 1.82) is 0 Å². The Morgan fingerprint density at radius 1 is 1.12 bits per heavy atom. The molecule has 0 aliphatic carbocycles. The predicted molar refractivity (Wildman–Crippen MR) is 99.0 cm³/mol. The lowest BCUT2D eigenvalue weighted by Gasteiger charge is -2.33. The van der Waals surface area contributed by atoms with Gasteiger partial charge in [-0.1, -0.05) is 28.1 Å². The minimum Gasteiger partial charge on any atom is -0.469 e. The Morgan fingerprint density at radius 3 is 2.44 bits per heavy atom. The summed E-state index contributed by atoms with van der Waals surface area (Å²) < 4.78 is 5.88. The Bertz CT molecular complexity index is 612. The van der Waals surface area contributed by atoms with Gasteiger partial charge in [0, 0.05) is 23.6 Å². The fourth-order valence-electron chi connectivity index (χ4n) is 3.88. The first-order valence-electron chi connectivity index (χ1n) is 8.93. The topological polar surface area (TPSA) is 49.9 Å². The minimum atomic E-state index is -0.151. The van der Waals surface area contributed by atoms with Gasteiger partial charge in [-0.25, -0.2) is 0 Å². The van der Waals surface area contributed by atoms with Gasteiger partial charge in [0.05, 0.1) is 19.6 Å². The molecule has 0 spiro atoms. The molecule has 6 heteroatoms. The van der Waals surface area contributed by atoms with Gasteiger partial charge in [0.2, 0.25) is 5.91 Å². The van der Waals surface area contributed by atoms with E-state index in [1.165, 1.54) is 12.7 Å². The summed E-state index contributed by atoms with van der Waals surface area (Å²) in [6, 6.07) is 8.72. The third-order valence-corrected chi connectivity index (χ3v) is 5.87. The molecule has 2 fully saturated rings. The van der Waals surface area contributed by atoms with Crippen LogP contribution in [-0.2, 0) is 14.3 Å². The second-order valence-electron chi connectivity index (χ2n) is 6.86. The maximum absolute atomic E-state index is 12.7. The number of likely N-dealkylation sites (tertiary alicyclic amines) is 2. The molecule has 3 rings (SSSR count). The molecule has 0 saturated carbocycles. The van der Waals surface area contributed by atoms with Crippen molar-refractivity contribution in [2.45, 2.75) is 31.7 Å². The zero-order valence-electron chi connectivity index (χ0n) is 14.6. The smallest absolute Gasteiger partial charge is 0.308 e. The Morgan fingerprint density at radius 2 is 1.80 bits per heavy atom. The van der Waals surface area contributed by atoms with Crippen LogP contribution in [0.4, 0.5) is 0 Å². The van der Waals surface area contributed by atoms with Crippen molar-refractivity contribution in [3.63, 3.8) is 0 Å². The summed E-state index contributed by atoms with van der Waals surface area (Å²) in [5.41, 5.74) is 1.28. The van der Waals surface area contributed by atoms with Gasteiger partial charge in [-0.05, 0) is 49.9 Å². The lowest BCUT2D eigenvalue weighted by Crippen LogP contribution is -2.45. The maximum Gasteiger partial charge on any atom is 0.308 e. The molecule has 1 aromatic rings. The van der Waals surface area contributed by atoms with E-state index < -0.39 is 0 Å². The van der Waals surface area contributed by atoms with E-state index in [1.54, 1.807) is 0 Å². The first-order chi connectivity index (χ1) is 12.1. The van der Waals surface area contributed by atoms with Crippen molar-refractivity contribution in [3.05, 3.63) is 34.3 Å². The highest BCUT2D eigenvalue weighted by Gasteiger charge is 2.31. The van der Waals surface area contributed by atoms with Crippen molar-refractivity contribution in [3.8, 4) is 0 Å². The third kappa shape index (κ3) is 4.42. The molecule has 1 aromatic carbocycles. The van der Waals surface area contributed by atoms with E-state index in [0.29, 0.717) is 38.5 Å². The van der Waals surface area contributed by atoms with Crippen LogP contribution in [0.15, 0.2) is 28.7 Å². The summed E-state index contributed by atoms with van der Waals surface area (Å²) in [6.07, 6.45) is 3.63. The Labute approximate surface area is 157 Å². The SMILES string of the molecule is COC(=O)C1CCN(C(=O)CN2CCCC2c2ccc(Br)cc2)CC1. The zero-order chi connectivity index (χ0) is 17.8. The molecular formula is C19H25BrN2O3. The molecule has 2 heterocycles. The number of esters is 1. The van der Waals surface area contributed by atoms with E-state index in [2.05, 4.69) is 45.1 Å². The quantitative estimate of drug-likeness (QED) is 0.718. The molecule has 5 nitrogen and oxygen atoms in total. The molecule has 25 heavy (non-hydrogen) atoms. The van der Waals surface area contributed by atoms with Crippen LogP contribution in [0.25, 0.3) is 0 Å². The first-order valence-corrected chi connectivity index (χ1v) is 9.73. The summed E-state index contributed by atoms with van der Waals surface area (Å²) in [4.78, 5) is 28.5. The summed E-state index contributed by atoms with van der Waals surface area (Å²) in [5.74, 6) is -0.0365. The van der Waals surface area contributed by atoms with Crippen molar-refractivity contribution in [1.82, 2.24) is 9.80 Å². The molecule has 2 saturated heterocycles. The lowest BCUT2D eigenvalue weighted by molar-refractivity contribution is -0.149. The van der Waals surface area contributed by atoms with Crippen molar-refractivity contribution in [2.75, 3.05) is 33.3 Å². The van der Waals surface area contributed by atoms with Crippen LogP contribution in [0.1, 0.15) is 37.3 Å². The van der Waals surface area contributed by atoms with Gasteiger partial charge in [-0.3, -0.25) is 14.5 Å². The van der Waals surface area contributed by atoms with Gasteiger partial charge in [0.15, 0.2) is 0 Å². The molecule has 0 radical (unpaired) electrons. The Kier molecular flexibility index (Phi) is 6.12. The number of carbonyl (C=O) groups excluding carboxylic acids is 2.